The number of halogens is 2. The molecular weight excluding hydrogens is 342 g/mol. The van der Waals surface area contributed by atoms with Crippen LogP contribution in [0.15, 0.2) is 20.5 Å². The Kier molecular flexibility index (Phi) is 11.3. The molecule has 0 N–H and O–H groups in total. The van der Waals surface area contributed by atoms with E-state index in [2.05, 4.69) is 6.08 Å². The van der Waals surface area contributed by atoms with Crippen LogP contribution >= 0.6 is 0 Å². The van der Waals surface area contributed by atoms with Crippen molar-refractivity contribution in [2.75, 3.05) is 0 Å². The second kappa shape index (κ2) is 10.7. The molecule has 0 fully saturated rings. The molecule has 0 spiro atoms. The van der Waals surface area contributed by atoms with Crippen molar-refractivity contribution in [1.29, 1.82) is 0 Å². The molecule has 0 saturated carbocycles. The van der Waals surface area contributed by atoms with Gasteiger partial charge < -0.3 is 24.8 Å². The molecule has 2 aliphatic rings. The standard InChI is InChI=1S/C15H23.2ClH.Zr/c1-2-4-6-8-11-15-13-9-12-14(15)10-7-5-3-1;;;/h12H,1-8,10-11,13H2;2*1H;/q;;;+2/p-2. The van der Waals surface area contributed by atoms with Gasteiger partial charge in [0.2, 0.25) is 0 Å². The van der Waals surface area contributed by atoms with Gasteiger partial charge >= 0.3 is 116 Å². The molecule has 0 aromatic rings. The van der Waals surface area contributed by atoms with Crippen LogP contribution in [0, 0.1) is 0 Å². The summed E-state index contributed by atoms with van der Waals surface area (Å²) in [6.45, 7) is 0. The Morgan fingerprint density at radius 2 is 1.22 bits per heavy atom. The fourth-order valence-corrected chi connectivity index (χ4v) is 3.87. The van der Waals surface area contributed by atoms with Crippen molar-refractivity contribution in [2.24, 2.45) is 0 Å². The van der Waals surface area contributed by atoms with Gasteiger partial charge in [0, 0.05) is 0 Å². The zero-order valence-electron chi connectivity index (χ0n) is 11.1. The van der Waals surface area contributed by atoms with Crippen molar-refractivity contribution >= 4 is 0 Å². The van der Waals surface area contributed by atoms with E-state index in [-0.39, 0.29) is 24.8 Å². The first-order valence-electron chi connectivity index (χ1n) is 6.99. The third-order valence-corrected chi connectivity index (χ3v) is 4.67. The summed E-state index contributed by atoms with van der Waals surface area (Å²) in [6.07, 6.45) is 18.3. The van der Waals surface area contributed by atoms with Crippen LogP contribution in [-0.2, 0) is 24.7 Å². The van der Waals surface area contributed by atoms with Crippen LogP contribution < -0.4 is 24.8 Å². The SMILES string of the molecule is [Cl-].[Cl-].[Zr+2][C]1=CC2=C(CCCCCCCCCC2)C1. The van der Waals surface area contributed by atoms with Crippen LogP contribution in [0.3, 0.4) is 0 Å². The minimum absolute atomic E-state index is 0. The molecule has 3 heteroatoms. The molecule has 0 amide bonds. The molecule has 0 nitrogen and oxygen atoms in total. The average molecular weight is 365 g/mol. The number of hydrogen-bond acceptors (Lipinski definition) is 0. The van der Waals surface area contributed by atoms with E-state index < -0.39 is 0 Å². The van der Waals surface area contributed by atoms with Gasteiger partial charge in [-0.2, -0.15) is 0 Å². The van der Waals surface area contributed by atoms with Gasteiger partial charge in [-0.15, -0.1) is 0 Å². The van der Waals surface area contributed by atoms with Crippen molar-refractivity contribution in [3.63, 3.8) is 0 Å². The second-order valence-electron chi connectivity index (χ2n) is 5.30. The van der Waals surface area contributed by atoms with E-state index in [1.807, 2.05) is 0 Å². The fourth-order valence-electron chi connectivity index (χ4n) is 2.92. The van der Waals surface area contributed by atoms with E-state index >= 15 is 0 Å². The molecule has 0 heterocycles. The third kappa shape index (κ3) is 6.40. The van der Waals surface area contributed by atoms with Gasteiger partial charge in [-0.1, -0.05) is 0 Å². The summed E-state index contributed by atoms with van der Waals surface area (Å²) in [5.41, 5.74) is 3.53. The summed E-state index contributed by atoms with van der Waals surface area (Å²) >= 11 is 1.64. The maximum absolute atomic E-state index is 2.51. The van der Waals surface area contributed by atoms with Gasteiger partial charge in [0.25, 0.3) is 0 Å². The number of allylic oxidation sites excluding steroid dienone is 4. The molecule has 0 aromatic carbocycles. The normalized spacial score (nSPS) is 21.8. The molecule has 0 atom stereocenters. The summed E-state index contributed by atoms with van der Waals surface area (Å²) < 4.78 is 1.69. The minimum atomic E-state index is 0. The van der Waals surface area contributed by atoms with Crippen molar-refractivity contribution in [2.45, 2.75) is 70.6 Å². The van der Waals surface area contributed by atoms with Gasteiger partial charge in [-0.05, 0) is 0 Å². The molecule has 0 radical (unpaired) electrons. The Labute approximate surface area is 140 Å². The van der Waals surface area contributed by atoms with E-state index in [0.717, 1.165) is 0 Å². The zero-order valence-corrected chi connectivity index (χ0v) is 15.1. The first-order valence-corrected chi connectivity index (χ1v) is 8.22. The van der Waals surface area contributed by atoms with E-state index in [0.29, 0.717) is 0 Å². The Hall–Kier alpha value is 0.943. The van der Waals surface area contributed by atoms with Gasteiger partial charge in [0.15, 0.2) is 0 Å². The molecule has 101 valence electrons. The second-order valence-corrected chi connectivity index (χ2v) is 6.88. The van der Waals surface area contributed by atoms with Crippen LogP contribution in [0.5, 0.6) is 0 Å². The van der Waals surface area contributed by atoms with Crippen LogP contribution in [0.4, 0.5) is 0 Å². The van der Waals surface area contributed by atoms with Crippen molar-refractivity contribution in [3.8, 4) is 0 Å². The van der Waals surface area contributed by atoms with Crippen LogP contribution in [0.1, 0.15) is 70.6 Å². The summed E-state index contributed by atoms with van der Waals surface area (Å²) in [4.78, 5) is 0. The molecule has 2 aliphatic carbocycles. The molecule has 0 aromatic heterocycles. The number of rotatable bonds is 0. The molecule has 0 aliphatic heterocycles. The number of hydrogen-bond donors (Lipinski definition) is 0. The first-order chi connectivity index (χ1) is 7.86. The van der Waals surface area contributed by atoms with Gasteiger partial charge in [-0.25, -0.2) is 0 Å². The average Bonchev–Trinajstić information content (AvgIpc) is 2.59. The molecule has 0 bridgehead atoms. The summed E-state index contributed by atoms with van der Waals surface area (Å²) in [5, 5.41) is 0. The molecule has 2 rings (SSSR count). The Morgan fingerprint density at radius 1 is 0.722 bits per heavy atom. The van der Waals surface area contributed by atoms with Gasteiger partial charge in [0.1, 0.15) is 0 Å². The molecule has 18 heavy (non-hydrogen) atoms. The topological polar surface area (TPSA) is 0 Å². The Balaban J connectivity index is 0.00000144. The summed E-state index contributed by atoms with van der Waals surface area (Å²) in [7, 11) is 0. The predicted octanol–water partition coefficient (Wildman–Crippen LogP) is -0.960. The van der Waals surface area contributed by atoms with Crippen LogP contribution in [-0.4, -0.2) is 0 Å². The molecular formula is C15H23Cl2Zr. The summed E-state index contributed by atoms with van der Waals surface area (Å²) in [5.74, 6) is 0. The predicted molar refractivity (Wildman–Crippen MR) is 65.9 cm³/mol. The quantitative estimate of drug-likeness (QED) is 0.519. The van der Waals surface area contributed by atoms with Crippen LogP contribution in [0.25, 0.3) is 0 Å². The Morgan fingerprint density at radius 3 is 1.83 bits per heavy atom. The fraction of sp³-hybridized carbons (Fsp3) is 0.733. The maximum atomic E-state index is 2.51. The van der Waals surface area contributed by atoms with Gasteiger partial charge in [-0.3, -0.25) is 0 Å². The van der Waals surface area contributed by atoms with E-state index in [9.17, 15) is 0 Å². The van der Waals surface area contributed by atoms with E-state index in [4.69, 9.17) is 0 Å². The van der Waals surface area contributed by atoms with E-state index in [1.54, 1.807) is 39.1 Å². The summed E-state index contributed by atoms with van der Waals surface area (Å²) in [6, 6.07) is 0. The zero-order chi connectivity index (χ0) is 11.2. The van der Waals surface area contributed by atoms with E-state index in [1.165, 1.54) is 70.6 Å². The van der Waals surface area contributed by atoms with Crippen molar-refractivity contribution in [3.05, 3.63) is 20.5 Å². The molecule has 0 saturated heterocycles. The van der Waals surface area contributed by atoms with Crippen LogP contribution in [0.2, 0.25) is 0 Å². The monoisotopic (exact) mass is 363 g/mol. The molecule has 0 unspecified atom stereocenters. The van der Waals surface area contributed by atoms with Gasteiger partial charge in [0.05, 0.1) is 0 Å². The first kappa shape index (κ1) is 18.9. The van der Waals surface area contributed by atoms with Crippen molar-refractivity contribution < 1.29 is 49.5 Å². The third-order valence-electron chi connectivity index (χ3n) is 3.88. The Bertz CT molecular complexity index is 295. The van der Waals surface area contributed by atoms with Crippen molar-refractivity contribution in [1.82, 2.24) is 0 Å².